The summed E-state index contributed by atoms with van der Waals surface area (Å²) in [5.41, 5.74) is 12.6. The zero-order valence-corrected chi connectivity index (χ0v) is 68.1. The molecule has 0 heterocycles. The molecule has 0 aliphatic carbocycles. The third-order valence-electron chi connectivity index (χ3n) is 19.7. The largest absolute Gasteiger partial charge is 0.481 e. The Morgan fingerprint density at radius 3 is 1.04 bits per heavy atom. The summed E-state index contributed by atoms with van der Waals surface area (Å²) >= 11 is 0. The molecule has 110 heavy (non-hydrogen) atoms. The normalized spacial score (nSPS) is 13.4. The van der Waals surface area contributed by atoms with Crippen LogP contribution < -0.4 is 27.0 Å². The lowest BCUT2D eigenvalue weighted by atomic mass is 9.90. The topological polar surface area (TPSA) is 327 Å². The van der Waals surface area contributed by atoms with Crippen molar-refractivity contribution in [2.45, 2.75) is 298 Å². The quantitative estimate of drug-likeness (QED) is 0.0104. The molecule has 0 spiro atoms. The predicted octanol–water partition coefficient (Wildman–Crippen LogP) is 15.9. The second-order valence-electron chi connectivity index (χ2n) is 30.4. The van der Waals surface area contributed by atoms with Gasteiger partial charge < -0.3 is 46.3 Å². The molecule has 0 aliphatic rings. The Balaban J connectivity index is 0.000000572. The number of carboxylic acids is 1. The first-order valence-electron chi connectivity index (χ1n) is 40.6. The van der Waals surface area contributed by atoms with Gasteiger partial charge in [-0.15, -0.1) is 0 Å². The van der Waals surface area contributed by atoms with Gasteiger partial charge in [0.05, 0.1) is 26.3 Å². The fraction of sp³-hybridized carbons (Fsp3) is 0.596. The first kappa shape index (κ1) is 95.5. The van der Waals surface area contributed by atoms with E-state index in [1.165, 1.54) is 25.3 Å². The first-order chi connectivity index (χ1) is 52.5. The zero-order chi connectivity index (χ0) is 81.6. The number of ether oxygens (including phenoxy) is 3. The number of benzene rings is 4. The van der Waals surface area contributed by atoms with Crippen molar-refractivity contribution in [3.63, 3.8) is 0 Å². The number of carbonyl (C=O) groups is 12. The summed E-state index contributed by atoms with van der Waals surface area (Å²) in [4.78, 5) is 157. The van der Waals surface area contributed by atoms with Crippen LogP contribution in [0.2, 0.25) is 0 Å². The van der Waals surface area contributed by atoms with Crippen molar-refractivity contribution in [2.75, 3.05) is 20.8 Å². The molecular weight excluding hydrogens is 1390 g/mol. The van der Waals surface area contributed by atoms with E-state index in [9.17, 15) is 62.6 Å². The SMILES string of the molecule is CCCCC[C@H](CC(=O)c1ccc(-c2ccc(CCCC)cc2)cc1)C(=O)N[C@@H](CCCC(=O)O)C(=O)C[C@@H](C)C(=O)N[C@@H](CCCCN)C(=O)OC.CCCCC[C@H](CC(=O)c1ccc(-c2ccc(CCCC)cc2)cc1)C(=O)N[C@@H](CCCC(=O)OC(C)(C)C)C(=O)C[C@@H](C)C(=O)N[C@@H](CCCCC)C(=O)OC. The van der Waals surface area contributed by atoms with Crippen molar-refractivity contribution in [1.29, 1.82) is 0 Å². The van der Waals surface area contributed by atoms with E-state index in [4.69, 9.17) is 19.9 Å². The molecule has 4 amide bonds. The maximum atomic E-state index is 14.0. The van der Waals surface area contributed by atoms with Gasteiger partial charge in [-0.2, -0.15) is 0 Å². The molecule has 0 fully saturated rings. The van der Waals surface area contributed by atoms with Crippen molar-refractivity contribution in [3.8, 4) is 22.3 Å². The van der Waals surface area contributed by atoms with Crippen molar-refractivity contribution < 1.29 is 76.9 Å². The van der Waals surface area contributed by atoms with Crippen LogP contribution in [0.4, 0.5) is 0 Å². The molecule has 0 saturated heterocycles. The number of aryl methyl sites for hydroxylation is 2. The van der Waals surface area contributed by atoms with Crippen molar-refractivity contribution in [3.05, 3.63) is 119 Å². The molecular formula is C89H131N5O16. The van der Waals surface area contributed by atoms with Gasteiger partial charge in [-0.05, 0) is 151 Å². The molecule has 0 aromatic heterocycles. The Morgan fingerprint density at radius 2 is 0.709 bits per heavy atom. The maximum absolute atomic E-state index is 14.0. The number of carboxylic acid groups (broad SMARTS) is 1. The summed E-state index contributed by atoms with van der Waals surface area (Å²) in [6, 6.07) is 28.0. The Hall–Kier alpha value is -8.72. The highest BCUT2D eigenvalue weighted by Gasteiger charge is 2.34. The Bertz CT molecular complexity index is 3470. The third kappa shape index (κ3) is 37.3. The number of unbranched alkanes of at least 4 members (excludes halogenated alkanes) is 9. The molecule has 0 unspecified atom stereocenters. The van der Waals surface area contributed by atoms with Crippen LogP contribution >= 0.6 is 0 Å². The van der Waals surface area contributed by atoms with Crippen LogP contribution in [-0.4, -0.2) is 126 Å². The number of esters is 3. The number of methoxy groups -OCH3 is 2. The van der Waals surface area contributed by atoms with Crippen molar-refractivity contribution >= 4 is 70.6 Å². The third-order valence-corrected chi connectivity index (χ3v) is 19.7. The van der Waals surface area contributed by atoms with Gasteiger partial charge in [0.25, 0.3) is 0 Å². The monoisotopic (exact) mass is 1530 g/mol. The van der Waals surface area contributed by atoms with E-state index in [-0.39, 0.29) is 81.6 Å². The van der Waals surface area contributed by atoms with Gasteiger partial charge in [-0.1, -0.05) is 216 Å². The van der Waals surface area contributed by atoms with E-state index < -0.39 is 107 Å². The number of aliphatic carboxylic acids is 1. The number of hydrogen-bond donors (Lipinski definition) is 6. The number of nitrogens with one attached hydrogen (secondary N) is 4. The molecule has 4 aromatic carbocycles. The number of amides is 4. The van der Waals surface area contributed by atoms with Crippen LogP contribution in [0.15, 0.2) is 97.1 Å². The highest BCUT2D eigenvalue weighted by molar-refractivity contribution is 6.01. The molecule has 21 nitrogen and oxygen atoms in total. The van der Waals surface area contributed by atoms with E-state index in [1.807, 2.05) is 38.1 Å². The second-order valence-corrected chi connectivity index (χ2v) is 30.4. The molecule has 0 radical (unpaired) electrons. The van der Waals surface area contributed by atoms with Gasteiger partial charge in [-0.25, -0.2) is 9.59 Å². The second kappa shape index (κ2) is 53.2. The summed E-state index contributed by atoms with van der Waals surface area (Å²) in [6.45, 7) is 19.4. The zero-order valence-electron chi connectivity index (χ0n) is 68.1. The van der Waals surface area contributed by atoms with Crippen molar-refractivity contribution in [2.24, 2.45) is 29.4 Å². The highest BCUT2D eigenvalue weighted by Crippen LogP contribution is 2.28. The lowest BCUT2D eigenvalue weighted by Gasteiger charge is -2.24. The molecule has 4 rings (SSSR count). The van der Waals surface area contributed by atoms with Crippen LogP contribution in [0.25, 0.3) is 22.3 Å². The standard InChI is InChI=1S/C47H70N2O8.C42H61N3O8/c1-9-12-15-19-38(32-41(50)37-29-27-36(28-30-37)35-25-23-34(24-26-35)18-14-11-3)45(54)48-39(21-17-22-43(52)57-47(5,6)7)42(51)31-33(4)44(53)49-40(46(55)56-8)20-16-13-10-2;1-5-7-9-14-34(28-37(46)33-24-22-32(23-25-33)31-20-18-30(19-21-31)13-8-6-2)41(51)44-35(16-12-17-39(48)49)38(47)27-29(3)40(50)45-36(42(52)53-4)15-10-11-26-43/h23-30,33,38-40H,9-22,31-32H2,1-8H3,(H,48,54)(H,49,53);18-25,29,34-36H,5-17,26-28,43H2,1-4H3,(H,44,51)(H,45,50)(H,48,49)/t33-,38-,39+,40+;29-,34-,35+,36+/m11/s1. The minimum absolute atomic E-state index is 0.0222. The van der Waals surface area contributed by atoms with Gasteiger partial charge in [0.15, 0.2) is 23.1 Å². The number of rotatable bonds is 54. The summed E-state index contributed by atoms with van der Waals surface area (Å²) in [5.74, 6) is -8.60. The van der Waals surface area contributed by atoms with E-state index in [1.54, 1.807) is 58.9 Å². The number of Topliss-reactive ketones (excluding diaryl/α,β-unsaturated/α-hetero) is 4. The lowest BCUT2D eigenvalue weighted by molar-refractivity contribution is -0.155. The molecule has 0 saturated carbocycles. The summed E-state index contributed by atoms with van der Waals surface area (Å²) < 4.78 is 15.2. The smallest absolute Gasteiger partial charge is 0.328 e. The molecule has 608 valence electrons. The van der Waals surface area contributed by atoms with Gasteiger partial charge in [-0.3, -0.25) is 47.9 Å². The van der Waals surface area contributed by atoms with E-state index in [0.717, 1.165) is 119 Å². The van der Waals surface area contributed by atoms with Gasteiger partial charge in [0.2, 0.25) is 23.6 Å². The Morgan fingerprint density at radius 1 is 0.391 bits per heavy atom. The van der Waals surface area contributed by atoms with Gasteiger partial charge in [0.1, 0.15) is 17.7 Å². The van der Waals surface area contributed by atoms with Gasteiger partial charge >= 0.3 is 23.9 Å². The Kier molecular flexibility index (Phi) is 46.2. The molecule has 4 aromatic rings. The lowest BCUT2D eigenvalue weighted by Crippen LogP contribution is -2.47. The highest BCUT2D eigenvalue weighted by atomic mass is 16.6. The average Bonchev–Trinajstić information content (AvgIpc) is 0.844. The minimum Gasteiger partial charge on any atom is -0.481 e. The van der Waals surface area contributed by atoms with Crippen LogP contribution in [0.3, 0.4) is 0 Å². The maximum Gasteiger partial charge on any atom is 0.328 e. The predicted molar refractivity (Wildman–Crippen MR) is 432 cm³/mol. The fourth-order valence-corrected chi connectivity index (χ4v) is 12.9. The molecule has 0 aliphatic heterocycles. The van der Waals surface area contributed by atoms with E-state index >= 15 is 0 Å². The number of nitrogens with two attached hydrogens (primary N) is 1. The molecule has 7 N–H and O–H groups in total. The number of ketones is 4. The van der Waals surface area contributed by atoms with Crippen LogP contribution in [-0.2, 0) is 75.0 Å². The summed E-state index contributed by atoms with van der Waals surface area (Å²) in [7, 11) is 2.50. The number of hydrogen-bond acceptors (Lipinski definition) is 16. The summed E-state index contributed by atoms with van der Waals surface area (Å²) in [5, 5.41) is 20.4. The first-order valence-corrected chi connectivity index (χ1v) is 40.6. The van der Waals surface area contributed by atoms with E-state index in [0.29, 0.717) is 56.2 Å². The van der Waals surface area contributed by atoms with Gasteiger partial charge in [0, 0.05) is 73.3 Å². The minimum atomic E-state index is -1.05. The van der Waals surface area contributed by atoms with Crippen LogP contribution in [0.1, 0.15) is 287 Å². The fourth-order valence-electron chi connectivity index (χ4n) is 12.9. The molecule has 8 atom stereocenters. The van der Waals surface area contributed by atoms with E-state index in [2.05, 4.69) is 90.6 Å². The van der Waals surface area contributed by atoms with Crippen molar-refractivity contribution in [1.82, 2.24) is 21.3 Å². The van der Waals surface area contributed by atoms with Crippen LogP contribution in [0, 0.1) is 23.7 Å². The van der Waals surface area contributed by atoms with Crippen LogP contribution in [0.5, 0.6) is 0 Å². The number of carbonyl (C=O) groups excluding carboxylic acids is 11. The summed E-state index contributed by atoms with van der Waals surface area (Å²) in [6.07, 6.45) is 17.2. The molecule has 0 bridgehead atoms. The molecule has 21 heteroatoms. The average molecular weight is 1530 g/mol. The Labute approximate surface area is 655 Å².